The van der Waals surface area contributed by atoms with Crippen LogP contribution in [0.3, 0.4) is 0 Å². The van der Waals surface area contributed by atoms with Crippen molar-refractivity contribution in [1.29, 1.82) is 5.26 Å². The minimum Gasteiger partial charge on any atom is -0.301 e. The number of nitrogens with zero attached hydrogens (tertiary/aromatic N) is 3. The molecule has 1 aliphatic rings. The highest BCUT2D eigenvalue weighted by atomic mass is 32.2. The van der Waals surface area contributed by atoms with Crippen LogP contribution < -0.4 is 4.72 Å². The van der Waals surface area contributed by atoms with Gasteiger partial charge in [0.1, 0.15) is 0 Å². The fraction of sp³-hybridized carbons (Fsp3) is 0.923. The lowest BCUT2D eigenvalue weighted by molar-refractivity contribution is 0.174. The van der Waals surface area contributed by atoms with Crippen LogP contribution in [0.4, 0.5) is 0 Å². The Labute approximate surface area is 122 Å². The van der Waals surface area contributed by atoms with Gasteiger partial charge in [-0.25, -0.2) is 0 Å². The van der Waals surface area contributed by atoms with Crippen molar-refractivity contribution in [3.63, 3.8) is 0 Å². The molecule has 1 rings (SSSR count). The molecule has 0 saturated carbocycles. The van der Waals surface area contributed by atoms with E-state index in [4.69, 9.17) is 5.26 Å². The normalized spacial score (nSPS) is 22.6. The van der Waals surface area contributed by atoms with Gasteiger partial charge in [-0.15, -0.1) is 0 Å². The largest absolute Gasteiger partial charge is 0.301 e. The van der Waals surface area contributed by atoms with Crippen molar-refractivity contribution in [3.8, 4) is 6.07 Å². The number of hydrogen-bond acceptors (Lipinski definition) is 4. The van der Waals surface area contributed by atoms with Crippen molar-refractivity contribution in [2.45, 2.75) is 39.2 Å². The second-order valence-electron chi connectivity index (χ2n) is 5.76. The maximum atomic E-state index is 12.0. The molecule has 0 amide bonds. The standard InChI is InChI=1S/C13H26N4O2S/c1-12-6-4-9-17(10-12)11-13(2)15-20(18,19)16(3)8-5-7-14/h12-13,15H,4-6,8-11H2,1-3H3. The van der Waals surface area contributed by atoms with Crippen molar-refractivity contribution < 1.29 is 8.42 Å². The van der Waals surface area contributed by atoms with E-state index in [2.05, 4.69) is 16.5 Å². The maximum Gasteiger partial charge on any atom is 0.279 e. The molecule has 0 aromatic rings. The highest BCUT2D eigenvalue weighted by molar-refractivity contribution is 7.87. The molecule has 116 valence electrons. The number of nitriles is 1. The molecule has 1 saturated heterocycles. The molecule has 0 spiro atoms. The van der Waals surface area contributed by atoms with Gasteiger partial charge in [0.05, 0.1) is 6.07 Å². The minimum absolute atomic E-state index is 0.130. The van der Waals surface area contributed by atoms with Gasteiger partial charge in [-0.2, -0.15) is 22.7 Å². The van der Waals surface area contributed by atoms with Gasteiger partial charge in [-0.3, -0.25) is 0 Å². The van der Waals surface area contributed by atoms with Gasteiger partial charge in [0.15, 0.2) is 0 Å². The Bertz CT molecular complexity index is 432. The van der Waals surface area contributed by atoms with E-state index in [1.807, 2.05) is 13.0 Å². The molecule has 0 aromatic heterocycles. The monoisotopic (exact) mass is 302 g/mol. The molecule has 1 heterocycles. The summed E-state index contributed by atoms with van der Waals surface area (Å²) in [5, 5.41) is 8.51. The van der Waals surface area contributed by atoms with Crippen LogP contribution in [0, 0.1) is 17.2 Å². The Balaban J connectivity index is 2.44. The van der Waals surface area contributed by atoms with Gasteiger partial charge in [0.25, 0.3) is 10.2 Å². The predicted octanol–water partition coefficient (Wildman–Crippen LogP) is 0.787. The van der Waals surface area contributed by atoms with Crippen LogP contribution in [0.5, 0.6) is 0 Å². The summed E-state index contributed by atoms with van der Waals surface area (Å²) in [6.07, 6.45) is 2.64. The van der Waals surface area contributed by atoms with E-state index in [1.54, 1.807) is 0 Å². The van der Waals surface area contributed by atoms with Gasteiger partial charge in [0.2, 0.25) is 0 Å². The summed E-state index contributed by atoms with van der Waals surface area (Å²) in [5.41, 5.74) is 0. The zero-order valence-corrected chi connectivity index (χ0v) is 13.5. The second-order valence-corrected chi connectivity index (χ2v) is 7.57. The molecule has 1 N–H and O–H groups in total. The van der Waals surface area contributed by atoms with E-state index in [0.29, 0.717) is 5.92 Å². The van der Waals surface area contributed by atoms with Gasteiger partial charge in [-0.1, -0.05) is 6.92 Å². The first kappa shape index (κ1) is 17.4. The van der Waals surface area contributed by atoms with Crippen molar-refractivity contribution in [3.05, 3.63) is 0 Å². The van der Waals surface area contributed by atoms with Crippen LogP contribution in [0.1, 0.15) is 33.1 Å². The lowest BCUT2D eigenvalue weighted by Crippen LogP contribution is -2.48. The fourth-order valence-electron chi connectivity index (χ4n) is 2.55. The highest BCUT2D eigenvalue weighted by Gasteiger charge is 2.23. The number of likely N-dealkylation sites (tertiary alicyclic amines) is 1. The van der Waals surface area contributed by atoms with Crippen LogP contribution in [0.25, 0.3) is 0 Å². The number of rotatable bonds is 7. The highest BCUT2D eigenvalue weighted by Crippen LogP contribution is 2.15. The van der Waals surface area contributed by atoms with Crippen molar-refractivity contribution in [2.75, 3.05) is 33.2 Å². The molecular formula is C13H26N4O2S. The summed E-state index contributed by atoms with van der Waals surface area (Å²) in [6.45, 7) is 7.15. The van der Waals surface area contributed by atoms with E-state index < -0.39 is 10.2 Å². The first-order valence-corrected chi connectivity index (χ1v) is 8.62. The lowest BCUT2D eigenvalue weighted by atomic mass is 10.00. The third kappa shape index (κ3) is 5.75. The number of nitrogens with one attached hydrogen (secondary N) is 1. The van der Waals surface area contributed by atoms with Crippen LogP contribution >= 0.6 is 0 Å². The Morgan fingerprint density at radius 1 is 1.55 bits per heavy atom. The molecule has 2 unspecified atom stereocenters. The van der Waals surface area contributed by atoms with Crippen molar-refractivity contribution in [1.82, 2.24) is 13.9 Å². The average molecular weight is 302 g/mol. The molecule has 2 atom stereocenters. The number of piperidine rings is 1. The van der Waals surface area contributed by atoms with Crippen LogP contribution in [-0.4, -0.2) is 56.9 Å². The van der Waals surface area contributed by atoms with E-state index in [-0.39, 0.29) is 19.0 Å². The van der Waals surface area contributed by atoms with Gasteiger partial charge >= 0.3 is 0 Å². The smallest absolute Gasteiger partial charge is 0.279 e. The van der Waals surface area contributed by atoms with E-state index in [0.717, 1.165) is 19.6 Å². The van der Waals surface area contributed by atoms with Crippen LogP contribution in [0.15, 0.2) is 0 Å². The molecular weight excluding hydrogens is 276 g/mol. The molecule has 0 aromatic carbocycles. The fourth-order valence-corrected chi connectivity index (χ4v) is 3.64. The number of hydrogen-bond donors (Lipinski definition) is 1. The summed E-state index contributed by atoms with van der Waals surface area (Å²) < 4.78 is 28.0. The second kappa shape index (κ2) is 7.93. The third-order valence-electron chi connectivity index (χ3n) is 3.57. The van der Waals surface area contributed by atoms with Gasteiger partial charge in [-0.05, 0) is 32.2 Å². The minimum atomic E-state index is -3.49. The first-order chi connectivity index (χ1) is 9.35. The predicted molar refractivity (Wildman–Crippen MR) is 79.2 cm³/mol. The molecule has 0 bridgehead atoms. The summed E-state index contributed by atoms with van der Waals surface area (Å²) in [6, 6.07) is 1.82. The van der Waals surface area contributed by atoms with E-state index in [1.165, 1.54) is 24.2 Å². The molecule has 0 aliphatic carbocycles. The quantitative estimate of drug-likeness (QED) is 0.754. The Hall–Kier alpha value is -0.680. The summed E-state index contributed by atoms with van der Waals surface area (Å²) in [7, 11) is -2.00. The Morgan fingerprint density at radius 3 is 2.85 bits per heavy atom. The SMILES string of the molecule is CC1CCCN(CC(C)NS(=O)(=O)N(C)CCC#N)C1. The van der Waals surface area contributed by atoms with Crippen molar-refractivity contribution in [2.24, 2.45) is 5.92 Å². The zero-order valence-electron chi connectivity index (χ0n) is 12.7. The van der Waals surface area contributed by atoms with E-state index >= 15 is 0 Å². The summed E-state index contributed by atoms with van der Waals surface area (Å²) in [4.78, 5) is 2.32. The van der Waals surface area contributed by atoms with Crippen molar-refractivity contribution >= 4 is 10.2 Å². The van der Waals surface area contributed by atoms with Crippen LogP contribution in [0.2, 0.25) is 0 Å². The summed E-state index contributed by atoms with van der Waals surface area (Å²) in [5.74, 6) is 0.686. The average Bonchev–Trinajstić information content (AvgIpc) is 2.34. The third-order valence-corrected chi connectivity index (χ3v) is 5.28. The molecule has 1 aliphatic heterocycles. The first-order valence-electron chi connectivity index (χ1n) is 7.18. The summed E-state index contributed by atoms with van der Waals surface area (Å²) >= 11 is 0. The van der Waals surface area contributed by atoms with Crippen LogP contribution in [-0.2, 0) is 10.2 Å². The van der Waals surface area contributed by atoms with E-state index in [9.17, 15) is 8.42 Å². The Kier molecular flexibility index (Phi) is 6.89. The lowest BCUT2D eigenvalue weighted by Gasteiger charge is -2.33. The molecule has 0 radical (unpaired) electrons. The molecule has 20 heavy (non-hydrogen) atoms. The molecule has 6 nitrogen and oxygen atoms in total. The molecule has 7 heteroatoms. The topological polar surface area (TPSA) is 76.4 Å². The Morgan fingerprint density at radius 2 is 2.25 bits per heavy atom. The molecule has 1 fully saturated rings. The maximum absolute atomic E-state index is 12.0. The van der Waals surface area contributed by atoms with Gasteiger partial charge < -0.3 is 4.90 Å². The van der Waals surface area contributed by atoms with Gasteiger partial charge in [0, 0.05) is 39.1 Å². The zero-order chi connectivity index (χ0) is 15.2.